The molecule has 0 heterocycles. The van der Waals surface area contributed by atoms with E-state index in [4.69, 9.17) is 33.7 Å². The molecule has 68 heavy (non-hydrogen) atoms. The summed E-state index contributed by atoms with van der Waals surface area (Å²) in [5, 5.41) is 27.7. The van der Waals surface area contributed by atoms with Gasteiger partial charge < -0.3 is 58.7 Å². The average molecular weight is 1050 g/mol. The summed E-state index contributed by atoms with van der Waals surface area (Å²) in [6.45, 7) is 15.9. The van der Waals surface area contributed by atoms with Gasteiger partial charge in [0.2, 0.25) is 0 Å². The van der Waals surface area contributed by atoms with Gasteiger partial charge in [-0.15, -0.1) is 0 Å². The third kappa shape index (κ3) is 21.7. The number of hydrogen-bond donors (Lipinski definition) is 3. The third-order valence-corrected chi connectivity index (χ3v) is 9.98. The second kappa shape index (κ2) is 32.7. The van der Waals surface area contributed by atoms with Crippen LogP contribution in [0.25, 0.3) is 0 Å². The topological polar surface area (TPSA) is 124 Å². The fourth-order valence-corrected chi connectivity index (χ4v) is 6.21. The predicted octanol–water partition coefficient (Wildman–Crippen LogP) is 8.49. The minimum Gasteiger partial charge on any atom is -1.00 e. The zero-order chi connectivity index (χ0) is 49.9. The number of carbonyl (C=O) groups is 1. The van der Waals surface area contributed by atoms with Gasteiger partial charge in [0, 0.05) is 41.4 Å². The van der Waals surface area contributed by atoms with Crippen molar-refractivity contribution < 1.29 is 78.0 Å². The first-order valence-corrected chi connectivity index (χ1v) is 21.1. The van der Waals surface area contributed by atoms with Crippen LogP contribution < -0.4 is 41.6 Å². The van der Waals surface area contributed by atoms with Gasteiger partial charge >= 0.3 is 30.2 Å². The van der Waals surface area contributed by atoms with E-state index >= 15 is 0 Å². The fourth-order valence-electron chi connectivity index (χ4n) is 5.68. The van der Waals surface area contributed by atoms with Crippen molar-refractivity contribution in [3.8, 4) is 28.7 Å². The molecule has 9 nitrogen and oxygen atoms in total. The Morgan fingerprint density at radius 1 is 0.574 bits per heavy atom. The summed E-state index contributed by atoms with van der Waals surface area (Å²) in [6.07, 6.45) is 0. The minimum absolute atomic E-state index is 0. The number of rotatable bonds is 11. The summed E-state index contributed by atoms with van der Waals surface area (Å²) in [7, 11) is 5.67. The first-order valence-electron chi connectivity index (χ1n) is 20.3. The van der Waals surface area contributed by atoms with E-state index in [0.29, 0.717) is 34.1 Å². The van der Waals surface area contributed by atoms with Crippen LogP contribution in [-0.4, -0.2) is 86.7 Å². The van der Waals surface area contributed by atoms with Crippen molar-refractivity contribution in [1.82, 2.24) is 0 Å². The molecule has 0 bridgehead atoms. The van der Waals surface area contributed by atoms with Gasteiger partial charge in [-0.2, -0.15) is 0 Å². The molecule has 5 aromatic rings. The van der Waals surface area contributed by atoms with Crippen molar-refractivity contribution in [3.05, 3.63) is 148 Å². The molecule has 5 aromatic carbocycles. The maximum Gasteiger partial charge on any atom is 2.00 e. The molecule has 3 N–H and O–H groups in total. The normalized spacial score (nSPS) is 10.1. The molecule has 0 saturated carbocycles. The SMILES string of the molecule is COc1cc(F)c(C(C)C)cc1B(O)O.COc1cc(F)c(C(C)C)cc1Br.COc1ccc(C(C)(C)O)c(F)c1.COc1ccc(C(C)=O)c(F)c1.COc1ccc(C(C)C)c(F)c1.[CH3-].[Cl-].[Mg+2]. The number of aliphatic hydroxyl groups is 1. The zero-order valence-corrected chi connectivity index (χ0v) is 45.2. The van der Waals surface area contributed by atoms with Crippen molar-refractivity contribution in [2.75, 3.05) is 35.5 Å². The number of methoxy groups -OCH3 is 5. The van der Waals surface area contributed by atoms with Crippen LogP contribution in [0.4, 0.5) is 22.0 Å². The second-order valence-electron chi connectivity index (χ2n) is 15.7. The van der Waals surface area contributed by atoms with Gasteiger partial charge in [-0.25, -0.2) is 22.0 Å². The molecule has 372 valence electrons. The van der Waals surface area contributed by atoms with E-state index in [-0.39, 0.29) is 100 Å². The van der Waals surface area contributed by atoms with E-state index in [1.54, 1.807) is 30.3 Å². The Kier molecular flexibility index (Phi) is 32.7. The predicted molar refractivity (Wildman–Crippen MR) is 262 cm³/mol. The summed E-state index contributed by atoms with van der Waals surface area (Å²) in [6, 6.07) is 19.3. The van der Waals surface area contributed by atoms with Gasteiger partial charge in [0.25, 0.3) is 0 Å². The molecular formula is C50H64BBrClF5MgO9. The van der Waals surface area contributed by atoms with Crippen LogP contribution in [0, 0.1) is 36.5 Å². The molecule has 0 aliphatic rings. The molecule has 0 aliphatic carbocycles. The maximum absolute atomic E-state index is 13.5. The molecule has 0 unspecified atom stereocenters. The second-order valence-corrected chi connectivity index (χ2v) is 16.5. The summed E-state index contributed by atoms with van der Waals surface area (Å²) >= 11 is 3.32. The van der Waals surface area contributed by atoms with Gasteiger partial charge in [0.05, 0.1) is 51.2 Å². The van der Waals surface area contributed by atoms with E-state index in [9.17, 15) is 31.9 Å². The molecule has 0 aliphatic heterocycles. The van der Waals surface area contributed by atoms with Crippen LogP contribution in [0.5, 0.6) is 28.7 Å². The van der Waals surface area contributed by atoms with Crippen LogP contribution in [0.1, 0.15) is 113 Å². The molecule has 0 amide bonds. The summed E-state index contributed by atoms with van der Waals surface area (Å²) < 4.78 is 91.5. The van der Waals surface area contributed by atoms with Gasteiger partial charge in [-0.1, -0.05) is 53.7 Å². The molecule has 18 heteroatoms. The standard InChI is InChI=1S/C10H14BFO3.C10H12BrFO.C10H13FO2.C10H13FO.C9H9FO2.CH3.ClH.Mg/c1-6(2)7-4-8(11(13)14)10(15-3)5-9(7)12;1-6(2)7-4-8(11)10(13-3)5-9(7)12;1-10(2,12)8-5-4-7(13-3)6-9(8)11;1-7(2)9-5-4-8(12-3)6-10(9)11;1-6(11)8-4-3-7(12-2)5-9(8)10;;;/h4-6,13-14H,1-3H3;4-6H,1-3H3;4-6,12H,1-3H3;4-7H,1-3H3;3-5H,1-2H3;1H3;1H;/q;;;;;-1;;+2/p-1. The first-order chi connectivity index (χ1) is 30.3. The molecule has 0 fully saturated rings. The quantitative estimate of drug-likeness (QED) is 0.0518. The number of halogens is 7. The van der Waals surface area contributed by atoms with E-state index in [0.717, 1.165) is 10.0 Å². The first kappa shape index (κ1) is 68.2. The Morgan fingerprint density at radius 3 is 1.31 bits per heavy atom. The number of Topliss-reactive ketones (excluding diaryl/α,β-unsaturated/α-hetero) is 1. The molecule has 0 atom stereocenters. The summed E-state index contributed by atoms with van der Waals surface area (Å²) in [4.78, 5) is 10.8. The molecule has 5 rings (SSSR count). The number of ether oxygens (including phenoxy) is 5. The maximum atomic E-state index is 13.5. The fraction of sp³-hybridized carbons (Fsp3) is 0.360. The third-order valence-electron chi connectivity index (χ3n) is 9.36. The summed E-state index contributed by atoms with van der Waals surface area (Å²) in [5.41, 5.74) is 1.27. The largest absolute Gasteiger partial charge is 2.00 e. The van der Waals surface area contributed by atoms with Crippen molar-refractivity contribution in [2.45, 2.75) is 85.7 Å². The van der Waals surface area contributed by atoms with Gasteiger partial charge in [-0.3, -0.25) is 4.79 Å². The van der Waals surface area contributed by atoms with Crippen LogP contribution in [0.3, 0.4) is 0 Å². The van der Waals surface area contributed by atoms with Crippen LogP contribution in [0.15, 0.2) is 83.3 Å². The molecule has 0 saturated heterocycles. The zero-order valence-electron chi connectivity index (χ0n) is 41.5. The Balaban J connectivity index is -0.000000770. The summed E-state index contributed by atoms with van der Waals surface area (Å²) in [5.74, 6) is 0.412. The van der Waals surface area contributed by atoms with Gasteiger partial charge in [0.1, 0.15) is 57.8 Å². The van der Waals surface area contributed by atoms with Crippen LogP contribution in [0.2, 0.25) is 0 Å². The molecule has 0 spiro atoms. The van der Waals surface area contributed by atoms with E-state index < -0.39 is 30.2 Å². The molecular weight excluding hydrogens is 990 g/mol. The van der Waals surface area contributed by atoms with Crippen molar-refractivity contribution in [1.29, 1.82) is 0 Å². The Bertz CT molecular complexity index is 2300. The average Bonchev–Trinajstić information content (AvgIpc) is 3.23. The van der Waals surface area contributed by atoms with Gasteiger partial charge in [-0.05, 0) is 108 Å². The number of benzene rings is 5. The molecule has 0 radical (unpaired) electrons. The Hall–Kier alpha value is -4.10. The monoisotopic (exact) mass is 1050 g/mol. The van der Waals surface area contributed by atoms with Crippen LogP contribution >= 0.6 is 15.9 Å². The van der Waals surface area contributed by atoms with E-state index in [1.807, 2.05) is 41.5 Å². The molecule has 0 aromatic heterocycles. The van der Waals surface area contributed by atoms with Crippen molar-refractivity contribution in [3.63, 3.8) is 0 Å². The number of ketones is 1. The van der Waals surface area contributed by atoms with Crippen LogP contribution in [-0.2, 0) is 5.60 Å². The minimum atomic E-state index is -1.65. The van der Waals surface area contributed by atoms with Crippen molar-refractivity contribution >= 4 is 57.3 Å². The number of hydrogen-bond acceptors (Lipinski definition) is 9. The van der Waals surface area contributed by atoms with E-state index in [2.05, 4.69) is 15.9 Å². The van der Waals surface area contributed by atoms with E-state index in [1.165, 1.54) is 105 Å². The smallest absolute Gasteiger partial charge is 1.00 e. The Labute approximate surface area is 430 Å². The Morgan fingerprint density at radius 2 is 0.956 bits per heavy atom. The van der Waals surface area contributed by atoms with Crippen molar-refractivity contribution in [2.24, 2.45) is 0 Å². The van der Waals surface area contributed by atoms with Gasteiger partial charge in [0.15, 0.2) is 5.78 Å². The number of carbonyl (C=O) groups excluding carboxylic acids is 1.